The molecular weight excluding hydrogens is 290 g/mol. The van der Waals surface area contributed by atoms with E-state index < -0.39 is 10.2 Å². The van der Waals surface area contributed by atoms with Crippen molar-refractivity contribution in [3.8, 4) is 5.75 Å². The normalized spacial score (nSPS) is 11.8. The van der Waals surface area contributed by atoms with Crippen LogP contribution in [0.2, 0.25) is 0 Å². The van der Waals surface area contributed by atoms with E-state index in [9.17, 15) is 8.42 Å². The Bertz CT molecular complexity index is 479. The third-order valence-electron chi connectivity index (χ3n) is 2.89. The molecule has 0 spiro atoms. The minimum absolute atomic E-state index is 0.245. The average Bonchev–Trinajstić information content (AvgIpc) is 2.49. The Morgan fingerprint density at radius 2 is 1.90 bits per heavy atom. The molecule has 2 N–H and O–H groups in total. The van der Waals surface area contributed by atoms with Gasteiger partial charge in [0.05, 0.1) is 0 Å². The molecule has 6 nitrogen and oxygen atoms in total. The van der Waals surface area contributed by atoms with E-state index >= 15 is 0 Å². The fourth-order valence-corrected chi connectivity index (χ4v) is 2.62. The summed E-state index contributed by atoms with van der Waals surface area (Å²) in [6.07, 6.45) is 0.783. The minimum Gasteiger partial charge on any atom is -0.492 e. The monoisotopic (exact) mass is 315 g/mol. The highest BCUT2D eigenvalue weighted by Crippen LogP contribution is 2.07. The van der Waals surface area contributed by atoms with Gasteiger partial charge in [-0.2, -0.15) is 17.4 Å². The highest BCUT2D eigenvalue weighted by molar-refractivity contribution is 7.87. The molecule has 0 saturated carbocycles. The van der Waals surface area contributed by atoms with Crippen LogP contribution in [0.15, 0.2) is 30.3 Å². The molecule has 0 radical (unpaired) electrons. The number of para-hydroxylation sites is 1. The van der Waals surface area contributed by atoms with E-state index in [1.807, 2.05) is 37.3 Å². The Morgan fingerprint density at radius 3 is 2.57 bits per heavy atom. The molecule has 1 aromatic carbocycles. The van der Waals surface area contributed by atoms with E-state index in [-0.39, 0.29) is 6.54 Å². The maximum atomic E-state index is 11.9. The van der Waals surface area contributed by atoms with Crippen molar-refractivity contribution < 1.29 is 13.2 Å². The highest BCUT2D eigenvalue weighted by Gasteiger charge is 2.15. The molecule has 0 aromatic heterocycles. The second-order valence-corrected chi connectivity index (χ2v) is 6.45. The summed E-state index contributed by atoms with van der Waals surface area (Å²) < 4.78 is 33.2. The van der Waals surface area contributed by atoms with Gasteiger partial charge >= 0.3 is 0 Å². The molecule has 0 bridgehead atoms. The van der Waals surface area contributed by atoms with Crippen molar-refractivity contribution in [2.45, 2.75) is 13.3 Å². The lowest BCUT2D eigenvalue weighted by Gasteiger charge is -2.17. The summed E-state index contributed by atoms with van der Waals surface area (Å²) in [5, 5.41) is 3.16. The van der Waals surface area contributed by atoms with Crippen LogP contribution in [0.3, 0.4) is 0 Å². The zero-order chi connectivity index (χ0) is 15.6. The number of benzene rings is 1. The third kappa shape index (κ3) is 7.42. The van der Waals surface area contributed by atoms with E-state index in [0.29, 0.717) is 13.2 Å². The highest BCUT2D eigenvalue weighted by atomic mass is 32.2. The quantitative estimate of drug-likeness (QED) is 0.594. The van der Waals surface area contributed by atoms with Gasteiger partial charge in [0.25, 0.3) is 10.2 Å². The SMILES string of the molecule is CCNCCCN(C)S(=O)(=O)NCCOc1ccccc1. The first-order valence-corrected chi connectivity index (χ1v) is 8.59. The molecule has 0 aliphatic heterocycles. The van der Waals surface area contributed by atoms with Crippen molar-refractivity contribution in [2.75, 3.05) is 39.8 Å². The van der Waals surface area contributed by atoms with Crippen LogP contribution in [-0.2, 0) is 10.2 Å². The number of hydrogen-bond acceptors (Lipinski definition) is 4. The van der Waals surface area contributed by atoms with Gasteiger partial charge in [-0.15, -0.1) is 0 Å². The summed E-state index contributed by atoms with van der Waals surface area (Å²) in [4.78, 5) is 0. The molecule has 1 aromatic rings. The molecule has 0 aliphatic rings. The lowest BCUT2D eigenvalue weighted by atomic mass is 10.3. The summed E-state index contributed by atoms with van der Waals surface area (Å²) in [6, 6.07) is 9.32. The topological polar surface area (TPSA) is 70.7 Å². The Labute approximate surface area is 127 Å². The van der Waals surface area contributed by atoms with Gasteiger partial charge in [0.1, 0.15) is 12.4 Å². The summed E-state index contributed by atoms with van der Waals surface area (Å²) in [7, 11) is -1.85. The van der Waals surface area contributed by atoms with Crippen molar-refractivity contribution in [3.05, 3.63) is 30.3 Å². The Hall–Kier alpha value is -1.15. The van der Waals surface area contributed by atoms with Gasteiger partial charge in [-0.3, -0.25) is 0 Å². The molecule has 7 heteroatoms. The number of ether oxygens (including phenoxy) is 1. The van der Waals surface area contributed by atoms with Crippen LogP contribution in [-0.4, -0.2) is 52.6 Å². The molecular formula is C14H25N3O3S. The van der Waals surface area contributed by atoms with E-state index in [1.54, 1.807) is 7.05 Å². The average molecular weight is 315 g/mol. The van der Waals surface area contributed by atoms with Gasteiger partial charge < -0.3 is 10.1 Å². The number of hydrogen-bond donors (Lipinski definition) is 2. The van der Waals surface area contributed by atoms with Gasteiger partial charge in [0, 0.05) is 20.1 Å². The first-order chi connectivity index (χ1) is 10.1. The fourth-order valence-electron chi connectivity index (χ4n) is 1.69. The van der Waals surface area contributed by atoms with E-state index in [2.05, 4.69) is 10.0 Å². The maximum Gasteiger partial charge on any atom is 0.279 e. The zero-order valence-corrected chi connectivity index (χ0v) is 13.5. The lowest BCUT2D eigenvalue weighted by Crippen LogP contribution is -2.40. The standard InChI is InChI=1S/C14H25N3O3S/c1-3-15-10-7-12-17(2)21(18,19)16-11-13-20-14-8-5-4-6-9-14/h4-6,8-9,15-16H,3,7,10-13H2,1-2H3. The van der Waals surface area contributed by atoms with Crippen LogP contribution in [0.1, 0.15) is 13.3 Å². The maximum absolute atomic E-state index is 11.9. The van der Waals surface area contributed by atoms with Crippen LogP contribution >= 0.6 is 0 Å². The molecule has 120 valence electrons. The summed E-state index contributed by atoms with van der Waals surface area (Å²) >= 11 is 0. The predicted octanol–water partition coefficient (Wildman–Crippen LogP) is 0.831. The Kier molecular flexibility index (Phi) is 8.29. The molecule has 0 saturated heterocycles. The van der Waals surface area contributed by atoms with Crippen molar-refractivity contribution in [1.82, 2.24) is 14.3 Å². The molecule has 0 fully saturated rings. The van der Waals surface area contributed by atoms with Crippen LogP contribution in [0.25, 0.3) is 0 Å². The predicted molar refractivity (Wildman–Crippen MR) is 84.7 cm³/mol. The smallest absolute Gasteiger partial charge is 0.279 e. The van der Waals surface area contributed by atoms with E-state index in [1.165, 1.54) is 4.31 Å². The molecule has 21 heavy (non-hydrogen) atoms. The van der Waals surface area contributed by atoms with Crippen LogP contribution in [0, 0.1) is 0 Å². The first-order valence-electron chi connectivity index (χ1n) is 7.15. The largest absolute Gasteiger partial charge is 0.492 e. The lowest BCUT2D eigenvalue weighted by molar-refractivity contribution is 0.320. The summed E-state index contributed by atoms with van der Waals surface area (Å²) in [5.74, 6) is 0.732. The second kappa shape index (κ2) is 9.73. The second-order valence-electron chi connectivity index (χ2n) is 4.59. The molecule has 0 atom stereocenters. The van der Waals surface area contributed by atoms with Gasteiger partial charge in [0.15, 0.2) is 0 Å². The van der Waals surface area contributed by atoms with Gasteiger partial charge in [-0.05, 0) is 31.6 Å². The van der Waals surface area contributed by atoms with Crippen LogP contribution in [0.4, 0.5) is 0 Å². The molecule has 1 rings (SSSR count). The Balaban J connectivity index is 2.22. The van der Waals surface area contributed by atoms with Crippen LogP contribution < -0.4 is 14.8 Å². The van der Waals surface area contributed by atoms with Crippen molar-refractivity contribution in [2.24, 2.45) is 0 Å². The third-order valence-corrected chi connectivity index (χ3v) is 4.46. The van der Waals surface area contributed by atoms with E-state index in [4.69, 9.17) is 4.74 Å². The van der Waals surface area contributed by atoms with Crippen LogP contribution in [0.5, 0.6) is 5.75 Å². The van der Waals surface area contributed by atoms with Gasteiger partial charge in [-0.25, -0.2) is 0 Å². The number of rotatable bonds is 11. The molecule has 0 amide bonds. The van der Waals surface area contributed by atoms with Crippen molar-refractivity contribution in [1.29, 1.82) is 0 Å². The van der Waals surface area contributed by atoms with Crippen molar-refractivity contribution >= 4 is 10.2 Å². The number of nitrogens with zero attached hydrogens (tertiary/aromatic N) is 1. The zero-order valence-electron chi connectivity index (χ0n) is 12.7. The molecule has 0 aliphatic carbocycles. The minimum atomic E-state index is -3.43. The fraction of sp³-hybridized carbons (Fsp3) is 0.571. The Morgan fingerprint density at radius 1 is 1.19 bits per heavy atom. The molecule has 0 unspecified atom stereocenters. The van der Waals surface area contributed by atoms with E-state index in [0.717, 1.165) is 25.3 Å². The molecule has 0 heterocycles. The van der Waals surface area contributed by atoms with Crippen molar-refractivity contribution in [3.63, 3.8) is 0 Å². The summed E-state index contributed by atoms with van der Waals surface area (Å²) in [5.41, 5.74) is 0. The van der Waals surface area contributed by atoms with Gasteiger partial charge in [0.2, 0.25) is 0 Å². The number of nitrogens with one attached hydrogen (secondary N) is 2. The van der Waals surface area contributed by atoms with Gasteiger partial charge in [-0.1, -0.05) is 25.1 Å². The first kappa shape index (κ1) is 17.9. The summed E-state index contributed by atoms with van der Waals surface area (Å²) in [6.45, 7) is 4.76.